The Labute approximate surface area is 166 Å². The number of primary amides is 1. The van der Waals surface area contributed by atoms with Crippen molar-refractivity contribution >= 4 is 11.7 Å². The van der Waals surface area contributed by atoms with Gasteiger partial charge in [0.05, 0.1) is 16.8 Å². The van der Waals surface area contributed by atoms with Gasteiger partial charge in [0.2, 0.25) is 0 Å². The molecule has 0 fully saturated rings. The first-order chi connectivity index (χ1) is 13.1. The van der Waals surface area contributed by atoms with Crippen LogP contribution in [0.4, 0.5) is 14.6 Å². The van der Waals surface area contributed by atoms with Crippen LogP contribution in [0.15, 0.2) is 41.2 Å². The molecule has 0 bridgehead atoms. The van der Waals surface area contributed by atoms with Gasteiger partial charge in [-0.1, -0.05) is 13.5 Å². The van der Waals surface area contributed by atoms with Crippen molar-refractivity contribution in [1.82, 2.24) is 4.57 Å². The number of carbonyl (C=O) groups is 1. The second-order valence-corrected chi connectivity index (χ2v) is 6.36. The summed E-state index contributed by atoms with van der Waals surface area (Å²) in [7, 11) is 0. The molecule has 3 rings (SSSR count). The van der Waals surface area contributed by atoms with Crippen LogP contribution in [-0.2, 0) is 0 Å². The zero-order chi connectivity index (χ0) is 20.7. The number of carbonyl (C=O) groups excluding carboxylic acids is 1. The van der Waals surface area contributed by atoms with Gasteiger partial charge in [0.25, 0.3) is 11.5 Å². The van der Waals surface area contributed by atoms with Crippen LogP contribution in [0.5, 0.6) is 5.75 Å². The predicted octanol–water partition coefficient (Wildman–Crippen LogP) is 3.42. The van der Waals surface area contributed by atoms with Crippen LogP contribution in [0.3, 0.4) is 0 Å². The van der Waals surface area contributed by atoms with Crippen LogP contribution in [0, 0.1) is 25.5 Å². The first-order valence-corrected chi connectivity index (χ1v) is 8.23. The van der Waals surface area contributed by atoms with Gasteiger partial charge < -0.3 is 16.6 Å². The molecule has 0 aliphatic carbocycles. The van der Waals surface area contributed by atoms with Crippen LogP contribution < -0.4 is 17.0 Å². The fraction of sp³-hybridized carbons (Fsp3) is 0.143. The lowest BCUT2D eigenvalue weighted by Gasteiger charge is -2.19. The Kier molecular flexibility index (Phi) is 5.77. The van der Waals surface area contributed by atoms with E-state index in [4.69, 9.17) is 11.5 Å². The van der Waals surface area contributed by atoms with Crippen LogP contribution in [0.1, 0.15) is 28.9 Å². The summed E-state index contributed by atoms with van der Waals surface area (Å²) in [5.41, 5.74) is 11.2. The molecule has 152 valence electrons. The van der Waals surface area contributed by atoms with Gasteiger partial charge in [-0.15, -0.1) is 0 Å². The fourth-order valence-corrected chi connectivity index (χ4v) is 3.12. The number of nitrogens with two attached hydrogens (primary N) is 2. The van der Waals surface area contributed by atoms with Gasteiger partial charge >= 0.3 is 0 Å². The molecule has 1 heterocycles. The first-order valence-electron chi connectivity index (χ1n) is 8.23. The SMILES string of the molecule is C.Cc1ccc(O)c(C)c1-n1c(N)c(C(N)=O)cc(-c2ccc(F)cc2F)c1=O. The summed E-state index contributed by atoms with van der Waals surface area (Å²) in [6.45, 7) is 3.25. The smallest absolute Gasteiger partial charge is 0.264 e. The van der Waals surface area contributed by atoms with Gasteiger partial charge in [-0.3, -0.25) is 14.2 Å². The molecule has 1 amide bonds. The average molecular weight is 401 g/mol. The van der Waals surface area contributed by atoms with Crippen molar-refractivity contribution in [3.05, 3.63) is 75.1 Å². The van der Waals surface area contributed by atoms with Gasteiger partial charge in [-0.05, 0) is 43.7 Å². The zero-order valence-electron chi connectivity index (χ0n) is 15.1. The van der Waals surface area contributed by atoms with Gasteiger partial charge in [0.1, 0.15) is 23.2 Å². The highest BCUT2D eigenvalue weighted by Crippen LogP contribution is 2.30. The lowest BCUT2D eigenvalue weighted by atomic mass is 10.0. The van der Waals surface area contributed by atoms with Crippen molar-refractivity contribution in [3.63, 3.8) is 0 Å². The molecule has 1 aromatic heterocycles. The summed E-state index contributed by atoms with van der Waals surface area (Å²) in [5, 5.41) is 10.1. The van der Waals surface area contributed by atoms with E-state index in [1.54, 1.807) is 19.9 Å². The maximum atomic E-state index is 14.3. The summed E-state index contributed by atoms with van der Waals surface area (Å²) in [5.74, 6) is -3.06. The predicted molar refractivity (Wildman–Crippen MR) is 108 cm³/mol. The van der Waals surface area contributed by atoms with Crippen LogP contribution in [-0.4, -0.2) is 15.6 Å². The summed E-state index contributed by atoms with van der Waals surface area (Å²) >= 11 is 0. The molecular formula is C21H21F2N3O3. The number of hydrogen-bond donors (Lipinski definition) is 3. The number of aromatic nitrogens is 1. The van der Waals surface area contributed by atoms with Crippen molar-refractivity contribution in [3.8, 4) is 22.6 Å². The minimum absolute atomic E-state index is 0. The first kappa shape index (κ1) is 21.6. The summed E-state index contributed by atoms with van der Waals surface area (Å²) in [6.07, 6.45) is 0. The number of nitrogens with zero attached hydrogens (tertiary/aromatic N) is 1. The number of halogens is 2. The molecule has 0 saturated heterocycles. The van der Waals surface area contributed by atoms with Crippen LogP contribution in [0.25, 0.3) is 16.8 Å². The van der Waals surface area contributed by atoms with Crippen LogP contribution >= 0.6 is 0 Å². The van der Waals surface area contributed by atoms with E-state index in [9.17, 15) is 23.5 Å². The van der Waals surface area contributed by atoms with Crippen LogP contribution in [0.2, 0.25) is 0 Å². The van der Waals surface area contributed by atoms with E-state index in [0.717, 1.165) is 22.8 Å². The number of anilines is 1. The van der Waals surface area contributed by atoms with E-state index in [-0.39, 0.29) is 41.4 Å². The maximum Gasteiger partial charge on any atom is 0.264 e. The largest absolute Gasteiger partial charge is 0.508 e. The third-order valence-electron chi connectivity index (χ3n) is 4.55. The highest BCUT2D eigenvalue weighted by Gasteiger charge is 2.22. The van der Waals surface area contributed by atoms with Crippen molar-refractivity contribution in [2.24, 2.45) is 5.73 Å². The molecule has 0 saturated carbocycles. The summed E-state index contributed by atoms with van der Waals surface area (Å²) < 4.78 is 28.6. The molecule has 0 aliphatic heterocycles. The number of nitrogen functional groups attached to an aromatic ring is 1. The van der Waals surface area contributed by atoms with E-state index in [0.29, 0.717) is 17.2 Å². The van der Waals surface area contributed by atoms with E-state index in [2.05, 4.69) is 0 Å². The minimum Gasteiger partial charge on any atom is -0.508 e. The molecule has 3 aromatic rings. The fourth-order valence-electron chi connectivity index (χ4n) is 3.12. The molecule has 5 N–H and O–H groups in total. The quantitative estimate of drug-likeness (QED) is 0.624. The number of rotatable bonds is 3. The normalized spacial score (nSPS) is 10.5. The number of pyridine rings is 1. The Morgan fingerprint density at radius 1 is 1.07 bits per heavy atom. The molecule has 2 aromatic carbocycles. The Bertz CT molecular complexity index is 1190. The monoisotopic (exact) mass is 401 g/mol. The molecule has 0 spiro atoms. The number of hydrogen-bond acceptors (Lipinski definition) is 4. The second-order valence-electron chi connectivity index (χ2n) is 6.36. The lowest BCUT2D eigenvalue weighted by molar-refractivity contribution is 0.100. The number of aromatic hydroxyl groups is 1. The summed E-state index contributed by atoms with van der Waals surface area (Å²) in [4.78, 5) is 25.1. The Morgan fingerprint density at radius 3 is 2.31 bits per heavy atom. The van der Waals surface area contributed by atoms with Gasteiger partial charge in [0.15, 0.2) is 0 Å². The number of amides is 1. The third kappa shape index (κ3) is 3.56. The van der Waals surface area contributed by atoms with E-state index in [1.165, 1.54) is 6.07 Å². The van der Waals surface area contributed by atoms with E-state index < -0.39 is 23.1 Å². The molecule has 6 nitrogen and oxygen atoms in total. The highest BCUT2D eigenvalue weighted by molar-refractivity contribution is 5.98. The number of phenols is 1. The van der Waals surface area contributed by atoms with Crippen molar-refractivity contribution in [1.29, 1.82) is 0 Å². The topological polar surface area (TPSA) is 111 Å². The number of phenolic OH excluding ortho intramolecular Hbond substituents is 1. The lowest BCUT2D eigenvalue weighted by Crippen LogP contribution is -2.28. The average Bonchev–Trinajstić information content (AvgIpc) is 2.62. The summed E-state index contributed by atoms with van der Waals surface area (Å²) in [6, 6.07) is 6.82. The standard InChI is InChI=1S/C20H17F2N3O3.CH4/c1-9-3-6-16(26)10(2)17(9)25-18(23)14(19(24)27)8-13(20(25)28)12-5-4-11(21)7-15(12)22;/h3-8,26H,23H2,1-2H3,(H2,24,27);1H4. The second kappa shape index (κ2) is 7.75. The number of benzene rings is 2. The molecule has 8 heteroatoms. The third-order valence-corrected chi connectivity index (χ3v) is 4.55. The molecule has 0 atom stereocenters. The molecular weight excluding hydrogens is 380 g/mol. The van der Waals surface area contributed by atoms with E-state index >= 15 is 0 Å². The van der Waals surface area contributed by atoms with Crippen molar-refractivity contribution < 1.29 is 18.7 Å². The molecule has 29 heavy (non-hydrogen) atoms. The Morgan fingerprint density at radius 2 is 1.72 bits per heavy atom. The Hall–Kier alpha value is -3.68. The molecule has 0 radical (unpaired) electrons. The molecule has 0 aliphatic rings. The Balaban J connectivity index is 0.00000300. The highest BCUT2D eigenvalue weighted by atomic mass is 19.1. The van der Waals surface area contributed by atoms with Crippen molar-refractivity contribution in [2.45, 2.75) is 21.3 Å². The number of aryl methyl sites for hydroxylation is 1. The van der Waals surface area contributed by atoms with Gasteiger partial charge in [-0.2, -0.15) is 0 Å². The zero-order valence-corrected chi connectivity index (χ0v) is 15.1. The van der Waals surface area contributed by atoms with Crippen molar-refractivity contribution in [2.75, 3.05) is 5.73 Å². The molecule has 0 unspecified atom stereocenters. The minimum atomic E-state index is -0.979. The van der Waals surface area contributed by atoms with Gasteiger partial charge in [0, 0.05) is 17.2 Å². The maximum absolute atomic E-state index is 14.3. The van der Waals surface area contributed by atoms with E-state index in [1.807, 2.05) is 0 Å². The van der Waals surface area contributed by atoms with Gasteiger partial charge in [-0.25, -0.2) is 8.78 Å².